The van der Waals surface area contributed by atoms with Crippen molar-refractivity contribution in [2.75, 3.05) is 18.0 Å². The maximum atomic E-state index is 12.9. The number of carbonyl (C=O) groups excluding carboxylic acids is 1. The monoisotopic (exact) mass is 367 g/mol. The Kier molecular flexibility index (Phi) is 6.52. The SMILES string of the molecule is CCCC(C)NC(=O)C1CCCN(c2ccc(C(F)(F)F)cc2C#N)C1. The molecule has 26 heavy (non-hydrogen) atoms. The van der Waals surface area contributed by atoms with Gasteiger partial charge in [0.15, 0.2) is 0 Å². The van der Waals surface area contributed by atoms with E-state index in [0.29, 0.717) is 18.8 Å². The maximum absolute atomic E-state index is 12.9. The van der Waals surface area contributed by atoms with Crippen molar-refractivity contribution >= 4 is 11.6 Å². The van der Waals surface area contributed by atoms with Crippen LogP contribution in [0.1, 0.15) is 50.7 Å². The van der Waals surface area contributed by atoms with Crippen molar-refractivity contribution in [2.45, 2.75) is 51.7 Å². The number of piperidine rings is 1. The second-order valence-electron chi connectivity index (χ2n) is 6.82. The fourth-order valence-electron chi connectivity index (χ4n) is 3.35. The predicted octanol–water partition coefficient (Wildman–Crippen LogP) is 4.10. The van der Waals surface area contributed by atoms with Gasteiger partial charge in [0.1, 0.15) is 6.07 Å². The van der Waals surface area contributed by atoms with Crippen LogP contribution in [0.2, 0.25) is 0 Å². The second-order valence-corrected chi connectivity index (χ2v) is 6.82. The molecule has 0 aromatic heterocycles. The standard InChI is InChI=1S/C19H24F3N3O/c1-3-5-13(2)24-18(26)14-6-4-9-25(12-14)17-8-7-16(19(20,21)22)10-15(17)11-23/h7-8,10,13-14H,3-6,9,12H2,1-2H3,(H,24,26). The summed E-state index contributed by atoms with van der Waals surface area (Å²) in [6.45, 7) is 5.05. The van der Waals surface area contributed by atoms with Gasteiger partial charge >= 0.3 is 6.18 Å². The van der Waals surface area contributed by atoms with Crippen molar-refractivity contribution < 1.29 is 18.0 Å². The van der Waals surface area contributed by atoms with Crippen molar-refractivity contribution in [2.24, 2.45) is 5.92 Å². The molecule has 1 saturated heterocycles. The number of amides is 1. The predicted molar refractivity (Wildman–Crippen MR) is 93.6 cm³/mol. The number of carbonyl (C=O) groups is 1. The lowest BCUT2D eigenvalue weighted by atomic mass is 9.95. The number of hydrogen-bond acceptors (Lipinski definition) is 3. The normalized spacial score (nSPS) is 18.9. The molecule has 142 valence electrons. The zero-order chi connectivity index (χ0) is 19.3. The number of nitriles is 1. The van der Waals surface area contributed by atoms with E-state index in [1.54, 1.807) is 0 Å². The molecule has 0 saturated carbocycles. The zero-order valence-electron chi connectivity index (χ0n) is 15.1. The molecule has 2 atom stereocenters. The van der Waals surface area contributed by atoms with Crippen LogP contribution in [0.25, 0.3) is 0 Å². The average Bonchev–Trinajstić information content (AvgIpc) is 2.60. The number of alkyl halides is 3. The summed E-state index contributed by atoms with van der Waals surface area (Å²) in [5.41, 5.74) is -0.391. The summed E-state index contributed by atoms with van der Waals surface area (Å²) < 4.78 is 38.6. The Hall–Kier alpha value is -2.23. The molecule has 1 aliphatic heterocycles. The molecule has 0 aliphatic carbocycles. The summed E-state index contributed by atoms with van der Waals surface area (Å²) in [5, 5.41) is 12.3. The maximum Gasteiger partial charge on any atom is 0.416 e. The van der Waals surface area contributed by atoms with Crippen LogP contribution in [0.4, 0.5) is 18.9 Å². The average molecular weight is 367 g/mol. The molecule has 1 heterocycles. The Labute approximate surface area is 152 Å². The lowest BCUT2D eigenvalue weighted by molar-refractivity contribution is -0.137. The van der Waals surface area contributed by atoms with E-state index >= 15 is 0 Å². The molecule has 2 unspecified atom stereocenters. The van der Waals surface area contributed by atoms with Gasteiger partial charge in [-0.25, -0.2) is 0 Å². The highest BCUT2D eigenvalue weighted by Crippen LogP contribution is 2.34. The first-order valence-electron chi connectivity index (χ1n) is 8.93. The molecule has 7 heteroatoms. The lowest BCUT2D eigenvalue weighted by Gasteiger charge is -2.34. The molecule has 0 spiro atoms. The number of benzene rings is 1. The number of nitrogens with one attached hydrogen (secondary N) is 1. The quantitative estimate of drug-likeness (QED) is 0.852. The molecule has 1 aromatic carbocycles. The zero-order valence-corrected chi connectivity index (χ0v) is 15.1. The number of rotatable bonds is 5. The van der Waals surface area contributed by atoms with E-state index in [1.165, 1.54) is 6.07 Å². The van der Waals surface area contributed by atoms with Crippen LogP contribution in [-0.2, 0) is 11.0 Å². The first-order valence-corrected chi connectivity index (χ1v) is 8.93. The first kappa shape index (κ1) is 20.1. The van der Waals surface area contributed by atoms with Crippen LogP contribution in [-0.4, -0.2) is 25.0 Å². The van der Waals surface area contributed by atoms with E-state index in [-0.39, 0.29) is 23.4 Å². The van der Waals surface area contributed by atoms with Gasteiger partial charge in [-0.3, -0.25) is 4.79 Å². The van der Waals surface area contributed by atoms with Crippen molar-refractivity contribution in [1.29, 1.82) is 5.26 Å². The topological polar surface area (TPSA) is 56.1 Å². The Balaban J connectivity index is 2.14. The molecule has 1 aliphatic rings. The number of anilines is 1. The molecular formula is C19H24F3N3O. The van der Waals surface area contributed by atoms with Crippen LogP contribution < -0.4 is 10.2 Å². The van der Waals surface area contributed by atoms with Gasteiger partial charge in [-0.15, -0.1) is 0 Å². The van der Waals surface area contributed by atoms with Gasteiger partial charge in [-0.1, -0.05) is 13.3 Å². The Morgan fingerprint density at radius 2 is 2.19 bits per heavy atom. The molecule has 1 fully saturated rings. The molecule has 1 N–H and O–H groups in total. The number of nitrogens with zero attached hydrogens (tertiary/aromatic N) is 2. The molecular weight excluding hydrogens is 343 g/mol. The Morgan fingerprint density at radius 3 is 2.81 bits per heavy atom. The lowest BCUT2D eigenvalue weighted by Crippen LogP contribution is -2.45. The molecule has 0 bridgehead atoms. The van der Waals surface area contributed by atoms with E-state index in [9.17, 15) is 23.2 Å². The van der Waals surface area contributed by atoms with E-state index in [2.05, 4.69) is 12.2 Å². The fourth-order valence-corrected chi connectivity index (χ4v) is 3.35. The van der Waals surface area contributed by atoms with E-state index in [4.69, 9.17) is 0 Å². The minimum Gasteiger partial charge on any atom is -0.370 e. The van der Waals surface area contributed by atoms with Crippen molar-refractivity contribution in [3.8, 4) is 6.07 Å². The smallest absolute Gasteiger partial charge is 0.370 e. The second kappa shape index (κ2) is 8.43. The van der Waals surface area contributed by atoms with Crippen molar-refractivity contribution in [3.05, 3.63) is 29.3 Å². The largest absolute Gasteiger partial charge is 0.416 e. The number of hydrogen-bond donors (Lipinski definition) is 1. The third-order valence-electron chi connectivity index (χ3n) is 4.69. The summed E-state index contributed by atoms with van der Waals surface area (Å²) in [6, 6.07) is 5.16. The minimum atomic E-state index is -4.48. The third-order valence-corrected chi connectivity index (χ3v) is 4.69. The number of halogens is 3. The van der Waals surface area contributed by atoms with Crippen LogP contribution in [0.15, 0.2) is 18.2 Å². The highest BCUT2D eigenvalue weighted by Gasteiger charge is 2.32. The van der Waals surface area contributed by atoms with Gasteiger partial charge < -0.3 is 10.2 Å². The van der Waals surface area contributed by atoms with Gasteiger partial charge in [-0.2, -0.15) is 18.4 Å². The highest BCUT2D eigenvalue weighted by atomic mass is 19.4. The molecule has 1 aromatic rings. The fraction of sp³-hybridized carbons (Fsp3) is 0.579. The van der Waals surface area contributed by atoms with Crippen molar-refractivity contribution in [1.82, 2.24) is 5.32 Å². The first-order chi connectivity index (χ1) is 12.3. The summed E-state index contributed by atoms with van der Waals surface area (Å²) in [4.78, 5) is 14.3. The van der Waals surface area contributed by atoms with Crippen LogP contribution >= 0.6 is 0 Å². The van der Waals surface area contributed by atoms with Gasteiger partial charge in [0.05, 0.1) is 22.7 Å². The Morgan fingerprint density at radius 1 is 1.46 bits per heavy atom. The molecule has 1 amide bonds. The van der Waals surface area contributed by atoms with E-state index in [1.807, 2.05) is 17.9 Å². The van der Waals surface area contributed by atoms with E-state index < -0.39 is 11.7 Å². The van der Waals surface area contributed by atoms with E-state index in [0.717, 1.165) is 37.8 Å². The summed E-state index contributed by atoms with van der Waals surface area (Å²) in [6.07, 6.45) is -1.10. The summed E-state index contributed by atoms with van der Waals surface area (Å²) in [5.74, 6) is -0.252. The Bertz CT molecular complexity index is 682. The highest BCUT2D eigenvalue weighted by molar-refractivity contribution is 5.80. The van der Waals surface area contributed by atoms with Crippen LogP contribution in [0.5, 0.6) is 0 Å². The van der Waals surface area contributed by atoms with Crippen molar-refractivity contribution in [3.63, 3.8) is 0 Å². The van der Waals surface area contributed by atoms with Gasteiger partial charge in [0.2, 0.25) is 5.91 Å². The van der Waals surface area contributed by atoms with Crippen LogP contribution in [0.3, 0.4) is 0 Å². The summed E-state index contributed by atoms with van der Waals surface area (Å²) >= 11 is 0. The summed E-state index contributed by atoms with van der Waals surface area (Å²) in [7, 11) is 0. The molecule has 0 radical (unpaired) electrons. The van der Waals surface area contributed by atoms with Crippen LogP contribution in [0, 0.1) is 17.2 Å². The molecule has 4 nitrogen and oxygen atoms in total. The molecule has 2 rings (SSSR count). The van der Waals surface area contributed by atoms with Gasteiger partial charge in [-0.05, 0) is 44.4 Å². The third kappa shape index (κ3) is 4.90. The van der Waals surface area contributed by atoms with Gasteiger partial charge in [0, 0.05) is 19.1 Å². The van der Waals surface area contributed by atoms with Gasteiger partial charge in [0.25, 0.3) is 0 Å². The minimum absolute atomic E-state index is 0.0137.